The van der Waals surface area contributed by atoms with Crippen LogP contribution in [-0.2, 0) is 0 Å². The van der Waals surface area contributed by atoms with E-state index in [0.717, 1.165) is 20.3 Å². The average molecular weight is 315 g/mol. The Morgan fingerprint density at radius 3 is 2.74 bits per heavy atom. The maximum absolute atomic E-state index is 5.38. The lowest BCUT2D eigenvalue weighted by Gasteiger charge is -2.10. The molecule has 0 amide bonds. The molecule has 0 aromatic carbocycles. The molecule has 2 aromatic heterocycles. The van der Waals surface area contributed by atoms with Gasteiger partial charge in [-0.05, 0) is 24.9 Å². The van der Waals surface area contributed by atoms with Crippen LogP contribution in [0.4, 0.5) is 5.82 Å². The molecular weight excluding hydrogens is 302 g/mol. The zero-order valence-corrected chi connectivity index (χ0v) is 13.2. The van der Waals surface area contributed by atoms with Crippen molar-refractivity contribution in [3.05, 3.63) is 6.33 Å². The minimum atomic E-state index is 0.634. The highest BCUT2D eigenvalue weighted by atomic mass is 32.2. The van der Waals surface area contributed by atoms with Gasteiger partial charge < -0.3 is 10.1 Å². The van der Waals surface area contributed by atoms with Crippen LogP contribution in [-0.4, -0.2) is 40.1 Å². The average Bonchev–Trinajstić information content (AvgIpc) is 2.87. The molecule has 2 aromatic rings. The number of hydrogen-bond donors (Lipinski definition) is 1. The summed E-state index contributed by atoms with van der Waals surface area (Å²) in [6.07, 6.45) is 3.49. The van der Waals surface area contributed by atoms with Crippen molar-refractivity contribution >= 4 is 40.7 Å². The third kappa shape index (κ3) is 3.48. The Labute approximate surface area is 123 Å². The van der Waals surface area contributed by atoms with E-state index in [1.165, 1.54) is 29.4 Å². The molecule has 0 radical (unpaired) electrons. The van der Waals surface area contributed by atoms with Crippen LogP contribution < -0.4 is 10.1 Å². The van der Waals surface area contributed by atoms with Crippen molar-refractivity contribution in [1.82, 2.24) is 20.2 Å². The summed E-state index contributed by atoms with van der Waals surface area (Å²) in [4.78, 5) is 8.41. The lowest BCUT2D eigenvalue weighted by atomic mass is 10.5. The first-order valence-electron chi connectivity index (χ1n) is 5.46. The Kier molecular flexibility index (Phi) is 5.23. The summed E-state index contributed by atoms with van der Waals surface area (Å²) in [6.45, 7) is 2.77. The highest BCUT2D eigenvalue weighted by Crippen LogP contribution is 2.38. The molecule has 19 heavy (non-hydrogen) atoms. The lowest BCUT2D eigenvalue weighted by molar-refractivity contribution is 0.400. The SMILES string of the molecule is CCNc1ncnc(Sc2nnc(SC)s2)c1OC. The van der Waals surface area contributed by atoms with Gasteiger partial charge in [0.25, 0.3) is 0 Å². The molecule has 0 unspecified atom stereocenters. The monoisotopic (exact) mass is 315 g/mol. The van der Waals surface area contributed by atoms with E-state index in [1.807, 2.05) is 13.2 Å². The Morgan fingerprint density at radius 2 is 2.11 bits per heavy atom. The largest absolute Gasteiger partial charge is 0.490 e. The molecule has 2 rings (SSSR count). The topological polar surface area (TPSA) is 72.8 Å². The molecule has 0 aliphatic carbocycles. The summed E-state index contributed by atoms with van der Waals surface area (Å²) in [5, 5.41) is 12.0. The molecule has 0 bridgehead atoms. The normalized spacial score (nSPS) is 10.5. The van der Waals surface area contributed by atoms with Gasteiger partial charge in [0.2, 0.25) is 0 Å². The van der Waals surface area contributed by atoms with Gasteiger partial charge >= 0.3 is 0 Å². The minimum Gasteiger partial charge on any atom is -0.490 e. The zero-order chi connectivity index (χ0) is 13.7. The fourth-order valence-electron chi connectivity index (χ4n) is 1.31. The highest BCUT2D eigenvalue weighted by molar-refractivity contribution is 8.03. The van der Waals surface area contributed by atoms with Crippen LogP contribution in [0, 0.1) is 0 Å². The first-order chi connectivity index (χ1) is 9.28. The second kappa shape index (κ2) is 6.92. The van der Waals surface area contributed by atoms with Gasteiger partial charge in [-0.2, -0.15) is 0 Å². The molecule has 0 fully saturated rings. The summed E-state index contributed by atoms with van der Waals surface area (Å²) in [6, 6.07) is 0. The van der Waals surface area contributed by atoms with Crippen molar-refractivity contribution in [2.75, 3.05) is 25.2 Å². The molecule has 0 aliphatic rings. The molecule has 0 saturated carbocycles. The van der Waals surface area contributed by atoms with Crippen LogP contribution in [0.15, 0.2) is 20.0 Å². The molecule has 0 saturated heterocycles. The summed E-state index contributed by atoms with van der Waals surface area (Å²) in [5.74, 6) is 1.33. The predicted octanol–water partition coefficient (Wildman–Crippen LogP) is 2.64. The summed E-state index contributed by atoms with van der Waals surface area (Å²) in [5.41, 5.74) is 0. The number of aromatic nitrogens is 4. The van der Waals surface area contributed by atoms with Crippen LogP contribution in [0.5, 0.6) is 5.75 Å². The number of hydrogen-bond acceptors (Lipinski definition) is 9. The van der Waals surface area contributed by atoms with Crippen molar-refractivity contribution in [3.8, 4) is 5.75 Å². The van der Waals surface area contributed by atoms with E-state index in [-0.39, 0.29) is 0 Å². The second-order valence-electron chi connectivity index (χ2n) is 3.23. The van der Waals surface area contributed by atoms with Gasteiger partial charge in [0.05, 0.1) is 7.11 Å². The number of nitrogens with zero attached hydrogens (tertiary/aromatic N) is 4. The summed E-state index contributed by atoms with van der Waals surface area (Å²) < 4.78 is 7.15. The summed E-state index contributed by atoms with van der Waals surface area (Å²) >= 11 is 4.54. The molecule has 2 heterocycles. The van der Waals surface area contributed by atoms with Gasteiger partial charge in [0.15, 0.2) is 25.3 Å². The Bertz CT molecular complexity index is 548. The standard InChI is InChI=1S/C10H13N5OS3/c1-4-11-7-6(16-2)8(13-5-12-7)18-10-15-14-9(17-3)19-10/h5H,4H2,1-3H3,(H,11,12,13). The smallest absolute Gasteiger partial charge is 0.194 e. The van der Waals surface area contributed by atoms with E-state index in [0.29, 0.717) is 11.6 Å². The van der Waals surface area contributed by atoms with Crippen molar-refractivity contribution in [2.45, 2.75) is 20.6 Å². The second-order valence-corrected chi connectivity index (χ2v) is 6.50. The van der Waals surface area contributed by atoms with E-state index in [1.54, 1.807) is 18.9 Å². The maximum atomic E-state index is 5.38. The predicted molar refractivity (Wildman–Crippen MR) is 78.6 cm³/mol. The third-order valence-corrected chi connectivity index (χ3v) is 5.00. The van der Waals surface area contributed by atoms with Gasteiger partial charge in [-0.1, -0.05) is 23.1 Å². The molecular formula is C10H13N5OS3. The maximum Gasteiger partial charge on any atom is 0.194 e. The molecule has 1 N–H and O–H groups in total. The summed E-state index contributed by atoms with van der Waals surface area (Å²) in [7, 11) is 1.61. The minimum absolute atomic E-state index is 0.634. The number of nitrogens with one attached hydrogen (secondary N) is 1. The number of methoxy groups -OCH3 is 1. The number of ether oxygens (including phenoxy) is 1. The molecule has 9 heteroatoms. The quantitative estimate of drug-likeness (QED) is 0.644. The Balaban J connectivity index is 2.26. The molecule has 0 aliphatic heterocycles. The number of thioether (sulfide) groups is 1. The first-order valence-corrected chi connectivity index (χ1v) is 8.32. The zero-order valence-electron chi connectivity index (χ0n) is 10.7. The van der Waals surface area contributed by atoms with Crippen LogP contribution in [0.25, 0.3) is 0 Å². The van der Waals surface area contributed by atoms with Crippen LogP contribution in [0.3, 0.4) is 0 Å². The van der Waals surface area contributed by atoms with E-state index < -0.39 is 0 Å². The fraction of sp³-hybridized carbons (Fsp3) is 0.400. The van der Waals surface area contributed by atoms with E-state index >= 15 is 0 Å². The number of rotatable bonds is 6. The van der Waals surface area contributed by atoms with Gasteiger partial charge in [0, 0.05) is 6.54 Å². The van der Waals surface area contributed by atoms with Crippen molar-refractivity contribution < 1.29 is 4.74 Å². The van der Waals surface area contributed by atoms with Crippen LogP contribution in [0.2, 0.25) is 0 Å². The highest BCUT2D eigenvalue weighted by Gasteiger charge is 2.15. The Hall–Kier alpha value is -1.06. The van der Waals surface area contributed by atoms with Gasteiger partial charge in [-0.25, -0.2) is 9.97 Å². The van der Waals surface area contributed by atoms with Crippen molar-refractivity contribution in [3.63, 3.8) is 0 Å². The van der Waals surface area contributed by atoms with Crippen molar-refractivity contribution in [2.24, 2.45) is 0 Å². The molecule has 0 spiro atoms. The van der Waals surface area contributed by atoms with Gasteiger partial charge in [-0.3, -0.25) is 0 Å². The van der Waals surface area contributed by atoms with Crippen LogP contribution >= 0.6 is 34.9 Å². The molecule has 102 valence electrons. The van der Waals surface area contributed by atoms with Crippen LogP contribution in [0.1, 0.15) is 6.92 Å². The van der Waals surface area contributed by atoms with Crippen molar-refractivity contribution in [1.29, 1.82) is 0 Å². The Morgan fingerprint density at radius 1 is 1.32 bits per heavy atom. The number of anilines is 1. The fourth-order valence-corrected chi connectivity index (χ4v) is 3.73. The van der Waals surface area contributed by atoms with E-state index in [2.05, 4.69) is 25.5 Å². The first kappa shape index (κ1) is 14.4. The van der Waals surface area contributed by atoms with E-state index in [4.69, 9.17) is 4.74 Å². The molecule has 6 nitrogen and oxygen atoms in total. The van der Waals surface area contributed by atoms with E-state index in [9.17, 15) is 0 Å². The molecule has 0 atom stereocenters. The van der Waals surface area contributed by atoms with Gasteiger partial charge in [-0.15, -0.1) is 10.2 Å². The van der Waals surface area contributed by atoms with Gasteiger partial charge in [0.1, 0.15) is 6.33 Å². The third-order valence-electron chi connectivity index (χ3n) is 2.07. The lowest BCUT2D eigenvalue weighted by Crippen LogP contribution is -2.03.